The van der Waals surface area contributed by atoms with Gasteiger partial charge in [-0.3, -0.25) is 9.59 Å². The fourth-order valence-corrected chi connectivity index (χ4v) is 4.11. The number of aliphatic hydroxyl groups is 1. The van der Waals surface area contributed by atoms with Gasteiger partial charge in [0.2, 0.25) is 0 Å². The lowest BCUT2D eigenvalue weighted by Crippen LogP contribution is -2.38. The maximum Gasteiger partial charge on any atom is 0.290 e. The van der Waals surface area contributed by atoms with Crippen LogP contribution in [0.5, 0.6) is 0 Å². The first-order valence-electron chi connectivity index (χ1n) is 10.4. The minimum Gasteiger partial charge on any atom is -0.503 e. The molecule has 5 heteroatoms. The number of hydrogen-bond acceptors (Lipinski definition) is 4. The van der Waals surface area contributed by atoms with E-state index in [2.05, 4.69) is 30.9 Å². The van der Waals surface area contributed by atoms with E-state index in [1.807, 2.05) is 12.1 Å². The molecule has 0 saturated carbocycles. The van der Waals surface area contributed by atoms with Crippen molar-refractivity contribution in [3.63, 3.8) is 0 Å². The van der Waals surface area contributed by atoms with Gasteiger partial charge in [-0.25, -0.2) is 0 Å². The number of amides is 1. The van der Waals surface area contributed by atoms with E-state index >= 15 is 0 Å². The zero-order valence-electron chi connectivity index (χ0n) is 17.4. The van der Waals surface area contributed by atoms with Crippen LogP contribution >= 0.6 is 0 Å². The molecule has 3 rings (SSSR count). The van der Waals surface area contributed by atoms with Crippen molar-refractivity contribution >= 4 is 11.7 Å². The molecule has 1 aromatic rings. The van der Waals surface area contributed by atoms with Crippen LogP contribution in [-0.4, -0.2) is 52.8 Å². The highest BCUT2D eigenvalue weighted by atomic mass is 16.3. The Morgan fingerprint density at radius 1 is 1.07 bits per heavy atom. The van der Waals surface area contributed by atoms with Crippen molar-refractivity contribution in [3.05, 3.63) is 46.7 Å². The standard InChI is InChI=1S/C23H32N2O3/c1-15(2)17-7-9-18(10-8-17)20-19(21(26)16(3)4)22(27)23(28)25(20)14-13-24-11-5-6-12-24/h7-10,15-16,20,27H,5-6,11-14H2,1-4H3. The molecule has 28 heavy (non-hydrogen) atoms. The van der Waals surface area contributed by atoms with Gasteiger partial charge in [-0.05, 0) is 43.0 Å². The molecule has 1 fully saturated rings. The molecule has 0 bridgehead atoms. The van der Waals surface area contributed by atoms with E-state index < -0.39 is 11.9 Å². The Bertz CT molecular complexity index is 759. The average molecular weight is 385 g/mol. The van der Waals surface area contributed by atoms with Gasteiger partial charge in [0.1, 0.15) is 0 Å². The number of ketones is 1. The summed E-state index contributed by atoms with van der Waals surface area (Å²) in [4.78, 5) is 29.7. The first kappa shape index (κ1) is 20.6. The lowest BCUT2D eigenvalue weighted by atomic mass is 9.90. The van der Waals surface area contributed by atoms with Crippen molar-refractivity contribution < 1.29 is 14.7 Å². The van der Waals surface area contributed by atoms with E-state index in [1.54, 1.807) is 18.7 Å². The summed E-state index contributed by atoms with van der Waals surface area (Å²) < 4.78 is 0. The van der Waals surface area contributed by atoms with Crippen molar-refractivity contribution in [2.75, 3.05) is 26.2 Å². The third-order valence-corrected chi connectivity index (χ3v) is 5.87. The second-order valence-corrected chi connectivity index (χ2v) is 8.55. The van der Waals surface area contributed by atoms with E-state index in [0.717, 1.165) is 25.2 Å². The molecule has 1 amide bonds. The Labute approximate surface area is 168 Å². The maximum absolute atomic E-state index is 12.9. The number of carbonyl (C=O) groups is 2. The fourth-order valence-electron chi connectivity index (χ4n) is 4.11. The van der Waals surface area contributed by atoms with Gasteiger partial charge in [0.05, 0.1) is 11.6 Å². The van der Waals surface area contributed by atoms with Gasteiger partial charge in [-0.1, -0.05) is 52.0 Å². The lowest BCUT2D eigenvalue weighted by Gasteiger charge is -2.29. The van der Waals surface area contributed by atoms with Gasteiger partial charge in [0.15, 0.2) is 11.5 Å². The third-order valence-electron chi connectivity index (χ3n) is 5.87. The fraction of sp³-hybridized carbons (Fsp3) is 0.565. The van der Waals surface area contributed by atoms with Gasteiger partial charge in [-0.15, -0.1) is 0 Å². The molecule has 152 valence electrons. The molecule has 1 atom stereocenters. The van der Waals surface area contributed by atoms with Gasteiger partial charge < -0.3 is 14.9 Å². The van der Waals surface area contributed by atoms with E-state index in [9.17, 15) is 14.7 Å². The minimum absolute atomic E-state index is 0.160. The largest absolute Gasteiger partial charge is 0.503 e. The molecule has 1 saturated heterocycles. The van der Waals surface area contributed by atoms with Gasteiger partial charge in [-0.2, -0.15) is 0 Å². The van der Waals surface area contributed by atoms with Gasteiger partial charge in [0.25, 0.3) is 5.91 Å². The van der Waals surface area contributed by atoms with E-state index in [4.69, 9.17) is 0 Å². The number of likely N-dealkylation sites (tertiary alicyclic amines) is 1. The molecule has 1 aromatic carbocycles. The van der Waals surface area contributed by atoms with Crippen LogP contribution < -0.4 is 0 Å². The van der Waals surface area contributed by atoms with Crippen LogP contribution in [0.3, 0.4) is 0 Å². The summed E-state index contributed by atoms with van der Waals surface area (Å²) in [5.41, 5.74) is 2.34. The van der Waals surface area contributed by atoms with Crippen LogP contribution in [0.15, 0.2) is 35.6 Å². The molecule has 0 aromatic heterocycles. The quantitative estimate of drug-likeness (QED) is 0.776. The smallest absolute Gasteiger partial charge is 0.290 e. The normalized spacial score (nSPS) is 20.9. The van der Waals surface area contributed by atoms with E-state index in [-0.39, 0.29) is 23.0 Å². The van der Waals surface area contributed by atoms with Crippen LogP contribution in [0.25, 0.3) is 0 Å². The molecular formula is C23H32N2O3. The summed E-state index contributed by atoms with van der Waals surface area (Å²) in [5, 5.41) is 10.6. The van der Waals surface area contributed by atoms with Crippen molar-refractivity contribution in [1.82, 2.24) is 9.80 Å². The second-order valence-electron chi connectivity index (χ2n) is 8.55. The number of aliphatic hydroxyl groups excluding tert-OH is 1. The molecule has 0 spiro atoms. The Balaban J connectivity index is 1.93. The van der Waals surface area contributed by atoms with Crippen molar-refractivity contribution in [2.24, 2.45) is 5.92 Å². The van der Waals surface area contributed by atoms with Crippen molar-refractivity contribution in [3.8, 4) is 0 Å². The number of hydrogen-bond donors (Lipinski definition) is 1. The first-order chi connectivity index (χ1) is 13.3. The van der Waals surface area contributed by atoms with E-state index in [1.165, 1.54) is 18.4 Å². The monoisotopic (exact) mass is 384 g/mol. The number of benzene rings is 1. The Kier molecular flexibility index (Phi) is 6.23. The molecule has 5 nitrogen and oxygen atoms in total. The average Bonchev–Trinajstić information content (AvgIpc) is 3.27. The van der Waals surface area contributed by atoms with E-state index in [0.29, 0.717) is 12.5 Å². The highest BCUT2D eigenvalue weighted by Crippen LogP contribution is 2.39. The molecule has 1 unspecified atom stereocenters. The predicted molar refractivity (Wildman–Crippen MR) is 110 cm³/mol. The summed E-state index contributed by atoms with van der Waals surface area (Å²) in [5.74, 6) is -0.834. The SMILES string of the molecule is CC(C)C(=O)C1=C(O)C(=O)N(CCN2CCCC2)C1c1ccc(C(C)C)cc1. The number of Topliss-reactive ketones (excluding diaryl/α,β-unsaturated/α-hetero) is 1. The summed E-state index contributed by atoms with van der Waals surface area (Å²) >= 11 is 0. The molecule has 2 aliphatic rings. The molecule has 0 radical (unpaired) electrons. The van der Waals surface area contributed by atoms with Gasteiger partial charge >= 0.3 is 0 Å². The highest BCUT2D eigenvalue weighted by Gasteiger charge is 2.43. The minimum atomic E-state index is -0.508. The predicted octanol–water partition coefficient (Wildman–Crippen LogP) is 3.83. The van der Waals surface area contributed by atoms with Crippen molar-refractivity contribution in [2.45, 2.75) is 52.5 Å². The molecule has 2 heterocycles. The maximum atomic E-state index is 12.9. The summed E-state index contributed by atoms with van der Waals surface area (Å²) in [6.07, 6.45) is 2.38. The van der Waals surface area contributed by atoms with Gasteiger partial charge in [0, 0.05) is 19.0 Å². The Morgan fingerprint density at radius 2 is 1.68 bits per heavy atom. The number of rotatable bonds is 7. The zero-order chi connectivity index (χ0) is 20.4. The summed E-state index contributed by atoms with van der Waals surface area (Å²) in [6.45, 7) is 11.3. The van der Waals surface area contributed by atoms with Crippen molar-refractivity contribution in [1.29, 1.82) is 0 Å². The highest BCUT2D eigenvalue weighted by molar-refractivity contribution is 6.09. The van der Waals surface area contributed by atoms with Crippen LogP contribution in [0.2, 0.25) is 0 Å². The Morgan fingerprint density at radius 3 is 2.21 bits per heavy atom. The number of carbonyl (C=O) groups excluding carboxylic acids is 2. The number of nitrogens with zero attached hydrogens (tertiary/aromatic N) is 2. The third kappa shape index (κ3) is 4.00. The van der Waals surface area contributed by atoms with Crippen LogP contribution in [0, 0.1) is 5.92 Å². The Hall–Kier alpha value is -2.14. The summed E-state index contributed by atoms with van der Waals surface area (Å²) in [7, 11) is 0. The van der Waals surface area contributed by atoms with Crippen LogP contribution in [0.4, 0.5) is 0 Å². The summed E-state index contributed by atoms with van der Waals surface area (Å²) in [6, 6.07) is 7.57. The lowest BCUT2D eigenvalue weighted by molar-refractivity contribution is -0.129. The second kappa shape index (κ2) is 8.48. The molecule has 0 aliphatic carbocycles. The molecule has 1 N–H and O–H groups in total. The van der Waals surface area contributed by atoms with Crippen LogP contribution in [0.1, 0.15) is 63.6 Å². The first-order valence-corrected chi connectivity index (χ1v) is 10.4. The van der Waals surface area contributed by atoms with Crippen LogP contribution in [-0.2, 0) is 9.59 Å². The molecule has 2 aliphatic heterocycles. The molecular weight excluding hydrogens is 352 g/mol. The zero-order valence-corrected chi connectivity index (χ0v) is 17.4. The topological polar surface area (TPSA) is 60.9 Å².